The van der Waals surface area contributed by atoms with Gasteiger partial charge in [-0.1, -0.05) is 0 Å². The van der Waals surface area contributed by atoms with Gasteiger partial charge in [0.05, 0.1) is 33.3 Å². The number of carbonyl (C=O) groups excluding carboxylic acids is 1. The molecule has 6 nitrogen and oxygen atoms in total. The van der Waals surface area contributed by atoms with Crippen molar-refractivity contribution in [2.24, 2.45) is 0 Å². The number of thiophene rings is 1. The van der Waals surface area contributed by atoms with Crippen molar-refractivity contribution in [3.05, 3.63) is 53.4 Å². The summed E-state index contributed by atoms with van der Waals surface area (Å²) in [5.74, 6) is 2.00. The van der Waals surface area contributed by atoms with Gasteiger partial charge in [0, 0.05) is 22.7 Å². The number of benzene rings is 2. The van der Waals surface area contributed by atoms with Crippen LogP contribution in [-0.2, 0) is 0 Å². The van der Waals surface area contributed by atoms with Crippen LogP contribution in [0, 0.1) is 0 Å². The largest absolute Gasteiger partial charge is 0.497 e. The molecule has 0 radical (unpaired) electrons. The van der Waals surface area contributed by atoms with Crippen molar-refractivity contribution >= 4 is 22.9 Å². The Morgan fingerprint density at radius 3 is 2.00 bits per heavy atom. The summed E-state index contributed by atoms with van der Waals surface area (Å²) < 4.78 is 21.1. The molecular weight excluding hydrogens is 378 g/mol. The van der Waals surface area contributed by atoms with Gasteiger partial charge in [-0.2, -0.15) is 0 Å². The summed E-state index contributed by atoms with van der Waals surface area (Å²) in [5, 5.41) is 2.88. The van der Waals surface area contributed by atoms with E-state index in [9.17, 15) is 4.79 Å². The molecule has 1 aromatic heterocycles. The topological polar surface area (TPSA) is 66.0 Å². The van der Waals surface area contributed by atoms with E-state index in [2.05, 4.69) is 5.32 Å². The molecule has 3 aromatic rings. The van der Waals surface area contributed by atoms with Crippen LogP contribution in [0.15, 0.2) is 48.5 Å². The predicted molar refractivity (Wildman–Crippen MR) is 110 cm³/mol. The summed E-state index contributed by atoms with van der Waals surface area (Å²) in [6.45, 7) is 0. The van der Waals surface area contributed by atoms with Gasteiger partial charge < -0.3 is 24.3 Å². The predicted octanol–water partition coefficient (Wildman–Crippen LogP) is 4.70. The zero-order chi connectivity index (χ0) is 20.1. The van der Waals surface area contributed by atoms with E-state index in [-0.39, 0.29) is 5.91 Å². The molecule has 146 valence electrons. The third-order valence-corrected chi connectivity index (χ3v) is 5.26. The monoisotopic (exact) mass is 399 g/mol. The fraction of sp³-hybridized carbons (Fsp3) is 0.190. The molecule has 1 amide bonds. The SMILES string of the molecule is COc1ccc(-c2ccc(C(=O)Nc3cc(OC)c(OC)c(OC)c3)s2)cc1. The number of amides is 1. The molecule has 28 heavy (non-hydrogen) atoms. The van der Waals surface area contributed by atoms with Crippen LogP contribution >= 0.6 is 11.3 Å². The average molecular weight is 399 g/mol. The molecule has 0 aliphatic carbocycles. The van der Waals surface area contributed by atoms with E-state index >= 15 is 0 Å². The van der Waals surface area contributed by atoms with E-state index in [4.69, 9.17) is 18.9 Å². The fourth-order valence-corrected chi connectivity index (χ4v) is 3.62. The number of carbonyl (C=O) groups is 1. The second-order valence-corrected chi connectivity index (χ2v) is 6.84. The highest BCUT2D eigenvalue weighted by Crippen LogP contribution is 2.40. The van der Waals surface area contributed by atoms with Gasteiger partial charge in [-0.15, -0.1) is 11.3 Å². The molecule has 2 aromatic carbocycles. The Labute approximate surface area is 167 Å². The van der Waals surface area contributed by atoms with Crippen molar-refractivity contribution in [3.8, 4) is 33.4 Å². The average Bonchev–Trinajstić information content (AvgIpc) is 3.23. The molecule has 0 aliphatic heterocycles. The lowest BCUT2D eigenvalue weighted by Gasteiger charge is -2.14. The molecule has 0 bridgehead atoms. The lowest BCUT2D eigenvalue weighted by atomic mass is 10.2. The number of methoxy groups -OCH3 is 4. The Kier molecular flexibility index (Phi) is 6.06. The van der Waals surface area contributed by atoms with Crippen LogP contribution in [-0.4, -0.2) is 34.3 Å². The lowest BCUT2D eigenvalue weighted by Crippen LogP contribution is -2.10. The zero-order valence-electron chi connectivity index (χ0n) is 16.1. The van der Waals surface area contributed by atoms with Crippen molar-refractivity contribution in [3.63, 3.8) is 0 Å². The van der Waals surface area contributed by atoms with Gasteiger partial charge in [0.15, 0.2) is 11.5 Å². The molecule has 0 spiro atoms. The summed E-state index contributed by atoms with van der Waals surface area (Å²) in [5.41, 5.74) is 1.58. The van der Waals surface area contributed by atoms with Gasteiger partial charge >= 0.3 is 0 Å². The smallest absolute Gasteiger partial charge is 0.265 e. The molecule has 0 aliphatic rings. The minimum absolute atomic E-state index is 0.209. The fourth-order valence-electron chi connectivity index (χ4n) is 2.72. The maximum absolute atomic E-state index is 12.7. The van der Waals surface area contributed by atoms with E-state index in [1.807, 2.05) is 30.3 Å². The van der Waals surface area contributed by atoms with E-state index in [0.29, 0.717) is 27.8 Å². The van der Waals surface area contributed by atoms with Crippen LogP contribution in [0.25, 0.3) is 10.4 Å². The molecule has 0 unspecified atom stereocenters. The van der Waals surface area contributed by atoms with Crippen LogP contribution in [0.4, 0.5) is 5.69 Å². The van der Waals surface area contributed by atoms with E-state index in [1.54, 1.807) is 25.3 Å². The number of rotatable bonds is 7. The second-order valence-electron chi connectivity index (χ2n) is 5.76. The number of hydrogen-bond donors (Lipinski definition) is 1. The Bertz CT molecular complexity index is 940. The first-order valence-corrected chi connectivity index (χ1v) is 9.27. The lowest BCUT2D eigenvalue weighted by molar-refractivity contribution is 0.103. The third kappa shape index (κ3) is 4.04. The Hall–Kier alpha value is -3.19. The number of nitrogens with one attached hydrogen (secondary N) is 1. The third-order valence-electron chi connectivity index (χ3n) is 4.13. The highest BCUT2D eigenvalue weighted by atomic mass is 32.1. The first-order chi connectivity index (χ1) is 13.6. The summed E-state index contributed by atoms with van der Waals surface area (Å²) >= 11 is 1.41. The molecular formula is C21H21NO5S. The molecule has 3 rings (SSSR count). The molecule has 0 atom stereocenters. The van der Waals surface area contributed by atoms with Crippen LogP contribution in [0.2, 0.25) is 0 Å². The Balaban J connectivity index is 1.81. The van der Waals surface area contributed by atoms with Gasteiger partial charge in [0.25, 0.3) is 5.91 Å². The Morgan fingerprint density at radius 2 is 1.46 bits per heavy atom. The summed E-state index contributed by atoms with van der Waals surface area (Å²) in [4.78, 5) is 14.3. The van der Waals surface area contributed by atoms with Crippen molar-refractivity contribution in [1.82, 2.24) is 0 Å². The summed E-state index contributed by atoms with van der Waals surface area (Å²) in [6, 6.07) is 14.8. The van der Waals surface area contributed by atoms with Crippen molar-refractivity contribution in [2.75, 3.05) is 33.8 Å². The zero-order valence-corrected chi connectivity index (χ0v) is 16.9. The van der Waals surface area contributed by atoms with Crippen molar-refractivity contribution < 1.29 is 23.7 Å². The van der Waals surface area contributed by atoms with Gasteiger partial charge in [-0.05, 0) is 42.0 Å². The van der Waals surface area contributed by atoms with Gasteiger partial charge in [0.1, 0.15) is 5.75 Å². The molecule has 1 N–H and O–H groups in total. The van der Waals surface area contributed by atoms with E-state index in [0.717, 1.165) is 16.2 Å². The normalized spacial score (nSPS) is 10.3. The van der Waals surface area contributed by atoms with Gasteiger partial charge in [0.2, 0.25) is 5.75 Å². The van der Waals surface area contributed by atoms with Gasteiger partial charge in [-0.25, -0.2) is 0 Å². The highest BCUT2D eigenvalue weighted by Gasteiger charge is 2.16. The van der Waals surface area contributed by atoms with Crippen LogP contribution in [0.5, 0.6) is 23.0 Å². The van der Waals surface area contributed by atoms with E-state index < -0.39 is 0 Å². The molecule has 0 fully saturated rings. The van der Waals surface area contributed by atoms with E-state index in [1.165, 1.54) is 32.7 Å². The Morgan fingerprint density at radius 1 is 0.821 bits per heavy atom. The standard InChI is InChI=1S/C21H21NO5S/c1-24-15-7-5-13(6-8-15)18-9-10-19(28-18)21(23)22-14-11-16(25-2)20(27-4)17(12-14)26-3/h5-12H,1-4H3,(H,22,23). The summed E-state index contributed by atoms with van der Waals surface area (Å²) in [7, 11) is 6.23. The van der Waals surface area contributed by atoms with Crippen LogP contribution < -0.4 is 24.3 Å². The first kappa shape index (κ1) is 19.6. The minimum Gasteiger partial charge on any atom is -0.497 e. The maximum Gasteiger partial charge on any atom is 0.265 e. The number of anilines is 1. The van der Waals surface area contributed by atoms with Crippen molar-refractivity contribution in [2.45, 2.75) is 0 Å². The quantitative estimate of drug-likeness (QED) is 0.624. The molecule has 1 heterocycles. The highest BCUT2D eigenvalue weighted by molar-refractivity contribution is 7.17. The van der Waals surface area contributed by atoms with Gasteiger partial charge in [-0.3, -0.25) is 4.79 Å². The molecule has 7 heteroatoms. The molecule has 0 saturated carbocycles. The first-order valence-electron chi connectivity index (χ1n) is 8.45. The van der Waals surface area contributed by atoms with Crippen molar-refractivity contribution in [1.29, 1.82) is 0 Å². The summed E-state index contributed by atoms with van der Waals surface area (Å²) in [6.07, 6.45) is 0. The van der Waals surface area contributed by atoms with Crippen LogP contribution in [0.1, 0.15) is 9.67 Å². The minimum atomic E-state index is -0.209. The number of hydrogen-bond acceptors (Lipinski definition) is 6. The second kappa shape index (κ2) is 8.67. The number of ether oxygens (including phenoxy) is 4. The van der Waals surface area contributed by atoms with Crippen LogP contribution in [0.3, 0.4) is 0 Å². The molecule has 0 saturated heterocycles. The maximum atomic E-state index is 12.7.